The lowest BCUT2D eigenvalue weighted by molar-refractivity contribution is -0.0190. The highest BCUT2D eigenvalue weighted by molar-refractivity contribution is 6.11. The quantitative estimate of drug-likeness (QED) is 0.379. The molecule has 0 unspecified atom stereocenters. The van der Waals surface area contributed by atoms with Gasteiger partial charge in [-0.2, -0.15) is 5.10 Å². The van der Waals surface area contributed by atoms with Crippen molar-refractivity contribution in [1.29, 1.82) is 0 Å². The average molecular weight is 421 g/mol. The Morgan fingerprint density at radius 1 is 0.906 bits per heavy atom. The van der Waals surface area contributed by atoms with Crippen LogP contribution >= 0.6 is 0 Å². The minimum atomic E-state index is -0.280. The molecule has 4 aromatic carbocycles. The monoisotopic (exact) mass is 420 g/mol. The summed E-state index contributed by atoms with van der Waals surface area (Å²) in [5.41, 5.74) is 4.55. The zero-order valence-electron chi connectivity index (χ0n) is 17.9. The number of hydrogen-bond donors (Lipinski definition) is 0. The summed E-state index contributed by atoms with van der Waals surface area (Å²) in [6, 6.07) is 31.6. The van der Waals surface area contributed by atoms with Gasteiger partial charge >= 0.3 is 0 Å². The van der Waals surface area contributed by atoms with E-state index in [4.69, 9.17) is 14.6 Å². The van der Waals surface area contributed by atoms with Crippen LogP contribution in [0.2, 0.25) is 0 Å². The second-order valence-corrected chi connectivity index (χ2v) is 8.18. The molecule has 2 heterocycles. The number of fused-ring (bicyclic) bond motifs is 4. The molecule has 0 saturated carbocycles. The van der Waals surface area contributed by atoms with Gasteiger partial charge in [-0.25, -0.2) is 5.01 Å². The molecule has 0 N–H and O–H groups in total. The zero-order valence-corrected chi connectivity index (χ0v) is 17.9. The van der Waals surface area contributed by atoms with Crippen LogP contribution in [0.4, 0.5) is 0 Å². The van der Waals surface area contributed by atoms with Crippen LogP contribution in [0.3, 0.4) is 0 Å². The summed E-state index contributed by atoms with van der Waals surface area (Å²) in [7, 11) is 0. The largest absolute Gasteiger partial charge is 0.494 e. The Morgan fingerprint density at radius 2 is 1.69 bits per heavy atom. The molecule has 0 aromatic heterocycles. The number of rotatable bonds is 4. The third-order valence-corrected chi connectivity index (χ3v) is 6.28. The fourth-order valence-electron chi connectivity index (χ4n) is 4.79. The molecule has 32 heavy (non-hydrogen) atoms. The van der Waals surface area contributed by atoms with Crippen molar-refractivity contribution in [2.75, 3.05) is 6.61 Å². The second kappa shape index (κ2) is 7.72. The number of benzene rings is 4. The fourth-order valence-corrected chi connectivity index (χ4v) is 4.79. The second-order valence-electron chi connectivity index (χ2n) is 8.18. The smallest absolute Gasteiger partial charge is 0.213 e. The maximum atomic E-state index is 6.48. The average Bonchev–Trinajstić information content (AvgIpc) is 3.29. The highest BCUT2D eigenvalue weighted by Crippen LogP contribution is 2.47. The Bertz CT molecular complexity index is 1310. The van der Waals surface area contributed by atoms with Gasteiger partial charge < -0.3 is 9.47 Å². The van der Waals surface area contributed by atoms with E-state index >= 15 is 0 Å². The van der Waals surface area contributed by atoms with Gasteiger partial charge in [-0.15, -0.1) is 0 Å². The molecule has 0 saturated heterocycles. The molecule has 2 atom stereocenters. The summed E-state index contributed by atoms with van der Waals surface area (Å²) in [6.07, 6.45) is 0.570. The van der Waals surface area contributed by atoms with Gasteiger partial charge in [0.05, 0.1) is 18.4 Å². The third-order valence-electron chi connectivity index (χ3n) is 6.28. The number of ether oxygens (including phenoxy) is 2. The third kappa shape index (κ3) is 3.11. The van der Waals surface area contributed by atoms with Crippen LogP contribution in [0.1, 0.15) is 42.3 Å². The maximum Gasteiger partial charge on any atom is 0.213 e. The fraction of sp³-hybridized carbons (Fsp3) is 0.179. The summed E-state index contributed by atoms with van der Waals surface area (Å²) in [6.45, 7) is 2.65. The number of para-hydroxylation sites is 1. The summed E-state index contributed by atoms with van der Waals surface area (Å²) < 4.78 is 12.1. The highest BCUT2D eigenvalue weighted by Gasteiger charge is 2.41. The van der Waals surface area contributed by atoms with E-state index in [2.05, 4.69) is 77.8 Å². The van der Waals surface area contributed by atoms with E-state index in [-0.39, 0.29) is 12.3 Å². The molecule has 0 fully saturated rings. The van der Waals surface area contributed by atoms with Gasteiger partial charge in [0, 0.05) is 23.1 Å². The molecule has 0 spiro atoms. The Labute approximate surface area is 187 Å². The van der Waals surface area contributed by atoms with E-state index < -0.39 is 0 Å². The Kier molecular flexibility index (Phi) is 4.57. The molecule has 2 aliphatic rings. The van der Waals surface area contributed by atoms with E-state index in [1.165, 1.54) is 21.9 Å². The molecular formula is C28H24N2O2. The lowest BCUT2D eigenvalue weighted by Crippen LogP contribution is -2.33. The van der Waals surface area contributed by atoms with Crippen LogP contribution < -0.4 is 9.47 Å². The highest BCUT2D eigenvalue weighted by atomic mass is 16.5. The summed E-state index contributed by atoms with van der Waals surface area (Å²) in [5, 5.41) is 9.74. The van der Waals surface area contributed by atoms with Gasteiger partial charge in [-0.05, 0) is 48.0 Å². The van der Waals surface area contributed by atoms with Crippen molar-refractivity contribution in [2.45, 2.75) is 25.6 Å². The van der Waals surface area contributed by atoms with Crippen molar-refractivity contribution in [1.82, 2.24) is 5.01 Å². The van der Waals surface area contributed by atoms with Crippen LogP contribution in [0.15, 0.2) is 96.1 Å². The Balaban J connectivity index is 1.44. The van der Waals surface area contributed by atoms with Crippen molar-refractivity contribution >= 4 is 16.5 Å². The molecule has 0 bridgehead atoms. The van der Waals surface area contributed by atoms with Gasteiger partial charge in [-0.1, -0.05) is 60.7 Å². The van der Waals surface area contributed by atoms with Crippen LogP contribution in [0.5, 0.6) is 11.5 Å². The van der Waals surface area contributed by atoms with Gasteiger partial charge in [0.2, 0.25) is 6.23 Å². The molecule has 0 aliphatic carbocycles. The molecule has 158 valence electrons. The SMILES string of the molecule is CCOc1ccc([C@@H]2Oc3ccccc3[C@H]3CC(c4cccc5ccccc45)=NN32)cc1. The number of hydrogen-bond acceptors (Lipinski definition) is 4. The normalized spacial score (nSPS) is 19.2. The summed E-state index contributed by atoms with van der Waals surface area (Å²) >= 11 is 0. The first-order valence-electron chi connectivity index (χ1n) is 11.1. The number of hydrazone groups is 1. The van der Waals surface area contributed by atoms with Crippen LogP contribution in [-0.2, 0) is 0 Å². The van der Waals surface area contributed by atoms with Gasteiger partial charge in [0.25, 0.3) is 0 Å². The van der Waals surface area contributed by atoms with Crippen molar-refractivity contribution in [3.8, 4) is 11.5 Å². The predicted molar refractivity (Wildman–Crippen MR) is 127 cm³/mol. The van der Waals surface area contributed by atoms with E-state index in [0.29, 0.717) is 6.61 Å². The van der Waals surface area contributed by atoms with Crippen LogP contribution in [-0.4, -0.2) is 17.3 Å². The first kappa shape index (κ1) is 18.9. The van der Waals surface area contributed by atoms with Gasteiger partial charge in [0.1, 0.15) is 11.5 Å². The first-order chi connectivity index (χ1) is 15.8. The minimum Gasteiger partial charge on any atom is -0.494 e. The lowest BCUT2D eigenvalue weighted by atomic mass is 9.93. The minimum absolute atomic E-state index is 0.144. The maximum absolute atomic E-state index is 6.48. The molecule has 0 radical (unpaired) electrons. The summed E-state index contributed by atoms with van der Waals surface area (Å²) in [4.78, 5) is 0. The Morgan fingerprint density at radius 3 is 2.56 bits per heavy atom. The summed E-state index contributed by atoms with van der Waals surface area (Å²) in [5.74, 6) is 1.80. The van der Waals surface area contributed by atoms with Crippen LogP contribution in [0.25, 0.3) is 10.8 Å². The standard InChI is InChI=1S/C28H24N2O2/c1-2-31-21-16-14-20(15-17-21)28-30-26(24-11-5-6-13-27(24)32-28)18-25(29-30)23-12-7-9-19-8-3-4-10-22(19)23/h3-17,26,28H,2,18H2,1H3/t26-,28+/m1/s1. The molecule has 4 heteroatoms. The lowest BCUT2D eigenvalue weighted by Gasteiger charge is -2.38. The van der Waals surface area contributed by atoms with E-state index in [9.17, 15) is 0 Å². The van der Waals surface area contributed by atoms with Crippen LogP contribution in [0, 0.1) is 0 Å². The molecule has 4 aromatic rings. The molecule has 6 rings (SSSR count). The van der Waals surface area contributed by atoms with Crippen molar-refractivity contribution in [2.24, 2.45) is 5.10 Å². The van der Waals surface area contributed by atoms with Crippen molar-refractivity contribution < 1.29 is 9.47 Å². The molecule has 2 aliphatic heterocycles. The van der Waals surface area contributed by atoms with E-state index in [1.807, 2.05) is 25.1 Å². The topological polar surface area (TPSA) is 34.1 Å². The molecular weight excluding hydrogens is 396 g/mol. The van der Waals surface area contributed by atoms with Gasteiger partial charge in [-0.3, -0.25) is 0 Å². The molecule has 4 nitrogen and oxygen atoms in total. The first-order valence-corrected chi connectivity index (χ1v) is 11.1. The zero-order chi connectivity index (χ0) is 21.5. The van der Waals surface area contributed by atoms with E-state index in [0.717, 1.165) is 29.2 Å². The Hall–Kier alpha value is -3.79. The number of nitrogens with zero attached hydrogens (tertiary/aromatic N) is 2. The van der Waals surface area contributed by atoms with Crippen molar-refractivity contribution in [3.05, 3.63) is 108 Å². The molecule has 0 amide bonds. The predicted octanol–water partition coefficient (Wildman–Crippen LogP) is 6.48. The van der Waals surface area contributed by atoms with Gasteiger partial charge in [0.15, 0.2) is 0 Å². The van der Waals surface area contributed by atoms with E-state index in [1.54, 1.807) is 0 Å². The van der Waals surface area contributed by atoms with Crippen molar-refractivity contribution in [3.63, 3.8) is 0 Å².